The molecule has 2 aliphatic rings. The summed E-state index contributed by atoms with van der Waals surface area (Å²) in [6, 6.07) is 5.70. The second kappa shape index (κ2) is 6.80. The molecular weight excluding hydrogens is 333 g/mol. The molecule has 3 unspecified atom stereocenters. The molecule has 3 atom stereocenters. The lowest BCUT2D eigenvalue weighted by Crippen LogP contribution is -2.35. The van der Waals surface area contributed by atoms with Crippen LogP contribution in [0.4, 0.5) is 4.39 Å². The number of sulfone groups is 1. The normalized spacial score (nSPS) is 29.6. The van der Waals surface area contributed by atoms with Gasteiger partial charge >= 0.3 is 0 Å². The van der Waals surface area contributed by atoms with Crippen LogP contribution in [-0.4, -0.2) is 48.5 Å². The molecule has 1 N–H and O–H groups in total. The number of β-amino-alcohol motifs (C(OH)–C–C–N with tert-alkyl or cyclic N) is 1. The Balaban J connectivity index is 1.72. The molecule has 132 valence electrons. The quantitative estimate of drug-likeness (QED) is 0.895. The Morgan fingerprint density at radius 3 is 2.88 bits per heavy atom. The summed E-state index contributed by atoms with van der Waals surface area (Å²) in [5.74, 6) is -0.448. The topological polar surface area (TPSA) is 74.7 Å². The van der Waals surface area contributed by atoms with Gasteiger partial charge in [-0.25, -0.2) is 12.8 Å². The number of amides is 1. The molecule has 1 amide bonds. The molecule has 2 saturated heterocycles. The number of halogens is 1. The Morgan fingerprint density at radius 1 is 1.38 bits per heavy atom. The Bertz CT molecular complexity index is 721. The smallest absolute Gasteiger partial charge is 0.223 e. The maximum absolute atomic E-state index is 13.5. The molecule has 2 heterocycles. The molecule has 5 nitrogen and oxygen atoms in total. The summed E-state index contributed by atoms with van der Waals surface area (Å²) >= 11 is 0. The summed E-state index contributed by atoms with van der Waals surface area (Å²) in [5.41, 5.74) is 0.663. The first-order valence-corrected chi connectivity index (χ1v) is 10.1. The van der Waals surface area contributed by atoms with Crippen molar-refractivity contribution in [3.05, 3.63) is 35.6 Å². The largest absolute Gasteiger partial charge is 0.391 e. The Hall–Kier alpha value is -1.47. The minimum atomic E-state index is -3.05. The molecule has 1 aromatic carbocycles. The van der Waals surface area contributed by atoms with Crippen molar-refractivity contribution in [3.8, 4) is 0 Å². The van der Waals surface area contributed by atoms with Crippen molar-refractivity contribution in [1.29, 1.82) is 0 Å². The summed E-state index contributed by atoms with van der Waals surface area (Å²) in [6.07, 6.45) is 1.22. The molecule has 0 radical (unpaired) electrons. The molecule has 7 heteroatoms. The van der Waals surface area contributed by atoms with Crippen LogP contribution in [0.2, 0.25) is 0 Å². The fourth-order valence-electron chi connectivity index (χ4n) is 3.76. The van der Waals surface area contributed by atoms with Crippen molar-refractivity contribution in [2.45, 2.75) is 37.8 Å². The van der Waals surface area contributed by atoms with E-state index in [2.05, 4.69) is 0 Å². The predicted molar refractivity (Wildman–Crippen MR) is 87.5 cm³/mol. The van der Waals surface area contributed by atoms with E-state index >= 15 is 0 Å². The number of hydrogen-bond acceptors (Lipinski definition) is 4. The maximum atomic E-state index is 13.5. The number of carbonyl (C=O) groups is 1. The lowest BCUT2D eigenvalue weighted by atomic mass is 9.99. The molecule has 24 heavy (non-hydrogen) atoms. The summed E-state index contributed by atoms with van der Waals surface area (Å²) < 4.78 is 36.9. The van der Waals surface area contributed by atoms with Crippen LogP contribution in [0.25, 0.3) is 0 Å². The lowest BCUT2D eigenvalue weighted by molar-refractivity contribution is -0.133. The molecule has 0 aliphatic carbocycles. The molecular formula is C17H22FNO4S. The number of aliphatic hydroxyl groups is 1. The summed E-state index contributed by atoms with van der Waals surface area (Å²) in [7, 11) is -3.05. The zero-order valence-corrected chi connectivity index (χ0v) is 14.2. The van der Waals surface area contributed by atoms with Gasteiger partial charge in [-0.05, 0) is 42.9 Å². The third-order valence-corrected chi connectivity index (χ3v) is 6.74. The van der Waals surface area contributed by atoms with Gasteiger partial charge in [0.25, 0.3) is 0 Å². The van der Waals surface area contributed by atoms with Crippen molar-refractivity contribution < 1.29 is 22.7 Å². The highest BCUT2D eigenvalue weighted by Gasteiger charge is 2.37. The Labute approximate surface area is 141 Å². The zero-order chi connectivity index (χ0) is 17.3. The van der Waals surface area contributed by atoms with E-state index in [0.29, 0.717) is 18.4 Å². The second-order valence-electron chi connectivity index (χ2n) is 6.83. The number of hydrogen-bond donors (Lipinski definition) is 1. The average molecular weight is 355 g/mol. The third kappa shape index (κ3) is 3.95. The molecule has 3 rings (SSSR count). The molecule has 0 bridgehead atoms. The van der Waals surface area contributed by atoms with Crippen LogP contribution in [-0.2, 0) is 14.6 Å². The fourth-order valence-corrected chi connectivity index (χ4v) is 5.54. The monoisotopic (exact) mass is 355 g/mol. The van der Waals surface area contributed by atoms with Gasteiger partial charge in [0, 0.05) is 13.0 Å². The van der Waals surface area contributed by atoms with Gasteiger partial charge < -0.3 is 10.0 Å². The SMILES string of the molecule is O=C(CC1CCCS(=O)(=O)C1)N1CC(O)CC1c1cccc(F)c1. The number of nitrogens with zero attached hydrogens (tertiary/aromatic N) is 1. The summed E-state index contributed by atoms with van der Waals surface area (Å²) in [4.78, 5) is 14.2. The minimum absolute atomic E-state index is 0.0553. The van der Waals surface area contributed by atoms with Gasteiger partial charge in [-0.3, -0.25) is 4.79 Å². The van der Waals surface area contributed by atoms with E-state index in [-0.39, 0.29) is 48.2 Å². The van der Waals surface area contributed by atoms with Crippen LogP contribution in [0.15, 0.2) is 24.3 Å². The number of likely N-dealkylation sites (tertiary alicyclic amines) is 1. The predicted octanol–water partition coefficient (Wildman–Crippen LogP) is 1.67. The second-order valence-corrected chi connectivity index (χ2v) is 9.06. The number of rotatable bonds is 3. The van der Waals surface area contributed by atoms with E-state index in [0.717, 1.165) is 6.42 Å². The fraction of sp³-hybridized carbons (Fsp3) is 0.588. The van der Waals surface area contributed by atoms with E-state index in [9.17, 15) is 22.7 Å². The van der Waals surface area contributed by atoms with Crippen LogP contribution >= 0.6 is 0 Å². The van der Waals surface area contributed by atoms with E-state index in [1.165, 1.54) is 12.1 Å². The zero-order valence-electron chi connectivity index (χ0n) is 13.4. The van der Waals surface area contributed by atoms with Crippen molar-refractivity contribution in [1.82, 2.24) is 4.90 Å². The lowest BCUT2D eigenvalue weighted by Gasteiger charge is -2.28. The molecule has 0 saturated carbocycles. The van der Waals surface area contributed by atoms with E-state index in [1.54, 1.807) is 17.0 Å². The van der Waals surface area contributed by atoms with Crippen LogP contribution < -0.4 is 0 Å². The molecule has 0 aromatic heterocycles. The Kier molecular flexibility index (Phi) is 4.92. The van der Waals surface area contributed by atoms with E-state index in [1.807, 2.05) is 0 Å². The highest BCUT2D eigenvalue weighted by molar-refractivity contribution is 7.91. The van der Waals surface area contributed by atoms with Gasteiger partial charge in [-0.2, -0.15) is 0 Å². The molecule has 2 fully saturated rings. The number of aliphatic hydroxyl groups excluding tert-OH is 1. The van der Waals surface area contributed by atoms with Gasteiger partial charge in [-0.1, -0.05) is 12.1 Å². The summed E-state index contributed by atoms with van der Waals surface area (Å²) in [6.45, 7) is 0.208. The van der Waals surface area contributed by atoms with E-state index < -0.39 is 15.9 Å². The number of benzene rings is 1. The molecule has 2 aliphatic heterocycles. The number of carbonyl (C=O) groups excluding carboxylic acids is 1. The van der Waals surface area contributed by atoms with Gasteiger partial charge in [0.2, 0.25) is 5.91 Å². The Morgan fingerprint density at radius 2 is 2.17 bits per heavy atom. The van der Waals surface area contributed by atoms with Crippen LogP contribution in [0, 0.1) is 11.7 Å². The van der Waals surface area contributed by atoms with Crippen LogP contribution in [0.5, 0.6) is 0 Å². The third-order valence-electron chi connectivity index (χ3n) is 4.85. The van der Waals surface area contributed by atoms with E-state index in [4.69, 9.17) is 0 Å². The van der Waals surface area contributed by atoms with Crippen molar-refractivity contribution in [3.63, 3.8) is 0 Å². The van der Waals surface area contributed by atoms with Crippen molar-refractivity contribution in [2.24, 2.45) is 5.92 Å². The highest BCUT2D eigenvalue weighted by atomic mass is 32.2. The van der Waals surface area contributed by atoms with Gasteiger partial charge in [0.05, 0.1) is 23.7 Å². The van der Waals surface area contributed by atoms with Gasteiger partial charge in [0.1, 0.15) is 5.82 Å². The molecule has 1 aromatic rings. The first-order valence-electron chi connectivity index (χ1n) is 8.27. The first-order chi connectivity index (χ1) is 11.3. The van der Waals surface area contributed by atoms with Gasteiger partial charge in [-0.15, -0.1) is 0 Å². The van der Waals surface area contributed by atoms with Crippen molar-refractivity contribution in [2.75, 3.05) is 18.1 Å². The van der Waals surface area contributed by atoms with Crippen molar-refractivity contribution >= 4 is 15.7 Å². The summed E-state index contributed by atoms with van der Waals surface area (Å²) in [5, 5.41) is 9.95. The highest BCUT2D eigenvalue weighted by Crippen LogP contribution is 2.34. The van der Waals surface area contributed by atoms with Gasteiger partial charge in [0.15, 0.2) is 9.84 Å². The minimum Gasteiger partial charge on any atom is -0.391 e. The van der Waals surface area contributed by atoms with Crippen LogP contribution in [0.3, 0.4) is 0 Å². The van der Waals surface area contributed by atoms with Crippen LogP contribution in [0.1, 0.15) is 37.3 Å². The maximum Gasteiger partial charge on any atom is 0.223 e. The standard InChI is InChI=1S/C17H22FNO4S/c18-14-5-1-4-13(8-14)16-9-15(20)10-19(16)17(21)7-12-3-2-6-24(22,23)11-12/h1,4-5,8,12,15-16,20H,2-3,6-7,9-11H2. The molecule has 0 spiro atoms. The first kappa shape index (κ1) is 17.4. The average Bonchev–Trinajstić information content (AvgIpc) is 2.88.